The van der Waals surface area contributed by atoms with Gasteiger partial charge in [-0.25, -0.2) is 13.4 Å². The molecule has 0 radical (unpaired) electrons. The number of hydrogen-bond acceptors (Lipinski definition) is 8. The Hall–Kier alpha value is -3.58. The highest BCUT2D eigenvalue weighted by atomic mass is 32.2. The van der Waals surface area contributed by atoms with Crippen LogP contribution in [0.4, 0.5) is 0 Å². The normalized spacial score (nSPS) is 18.8. The summed E-state index contributed by atoms with van der Waals surface area (Å²) < 4.78 is 48.8. The van der Waals surface area contributed by atoms with Gasteiger partial charge in [0.15, 0.2) is 5.03 Å². The van der Waals surface area contributed by atoms with E-state index in [-0.39, 0.29) is 17.7 Å². The maximum atomic E-state index is 13.5. The van der Waals surface area contributed by atoms with Crippen molar-refractivity contribution in [1.29, 1.82) is 0 Å². The summed E-state index contributed by atoms with van der Waals surface area (Å²) in [5, 5.41) is 11.9. The molecule has 1 saturated heterocycles. The minimum atomic E-state index is -3.76. The third kappa shape index (κ3) is 4.37. The zero-order valence-electron chi connectivity index (χ0n) is 23.9. The lowest BCUT2D eigenvalue weighted by molar-refractivity contribution is 0.0240. The summed E-state index contributed by atoms with van der Waals surface area (Å²) in [6.07, 6.45) is 3.02. The number of hydrogen-bond donors (Lipinski definition) is 1. The molecule has 2 aliphatic rings. The second-order valence-corrected chi connectivity index (χ2v) is 12.8. The summed E-state index contributed by atoms with van der Waals surface area (Å²) in [6.45, 7) is 1.59. The van der Waals surface area contributed by atoms with Crippen LogP contribution in [0.15, 0.2) is 53.9 Å². The van der Waals surface area contributed by atoms with Crippen LogP contribution in [0.2, 0.25) is 0 Å². The summed E-state index contributed by atoms with van der Waals surface area (Å²) in [5.74, 6) is 2.10. The Morgan fingerprint density at radius 2 is 1.66 bits per heavy atom. The van der Waals surface area contributed by atoms with Crippen molar-refractivity contribution in [2.24, 2.45) is 14.1 Å². The Morgan fingerprint density at radius 1 is 0.976 bits per heavy atom. The maximum Gasteiger partial charge on any atom is 0.262 e. The molecule has 2 aromatic carbocycles. The quantitative estimate of drug-likeness (QED) is 0.338. The van der Waals surface area contributed by atoms with E-state index in [9.17, 15) is 13.5 Å². The lowest BCUT2D eigenvalue weighted by atomic mass is 9.70. The van der Waals surface area contributed by atoms with Crippen molar-refractivity contribution >= 4 is 20.9 Å². The molecule has 0 amide bonds. The molecule has 12 heteroatoms. The predicted molar refractivity (Wildman–Crippen MR) is 153 cm³/mol. The van der Waals surface area contributed by atoms with Gasteiger partial charge in [-0.2, -0.15) is 4.31 Å². The third-order valence-corrected chi connectivity index (χ3v) is 10.1. The summed E-state index contributed by atoms with van der Waals surface area (Å²) in [6, 6.07) is 11.4. The fraction of sp³-hybridized carbons (Fsp3) is 0.414. The number of methoxy groups -OCH3 is 3. The van der Waals surface area contributed by atoms with Gasteiger partial charge in [-0.15, -0.1) is 0 Å². The fourth-order valence-corrected chi connectivity index (χ4v) is 8.11. The average molecular weight is 582 g/mol. The fourth-order valence-electron chi connectivity index (χ4n) is 6.53. The number of imidazole rings is 1. The second kappa shape index (κ2) is 10.1. The standard InChI is InChI=1S/C29H35N5O6S/c1-31-13-26(30-18-31)41(36,37)34-16-29(17-34)15-33(12-19-8-21(39-4)10-22(9-19)40-5)25(14-35)28-27(29)23-7-6-20(38-3)11-24(23)32(28)2/h6-11,13,18,25,35H,12,14-17H2,1-5H3/t25-/m1/s1. The molecular weight excluding hydrogens is 546 g/mol. The molecule has 11 nitrogen and oxygen atoms in total. The van der Waals surface area contributed by atoms with Gasteiger partial charge in [0.25, 0.3) is 10.0 Å². The van der Waals surface area contributed by atoms with Crippen LogP contribution in [0.5, 0.6) is 17.2 Å². The van der Waals surface area contributed by atoms with E-state index < -0.39 is 15.4 Å². The van der Waals surface area contributed by atoms with E-state index in [4.69, 9.17) is 14.2 Å². The van der Waals surface area contributed by atoms with Crippen LogP contribution in [0, 0.1) is 0 Å². The second-order valence-electron chi connectivity index (χ2n) is 11.0. The first-order valence-corrected chi connectivity index (χ1v) is 14.8. The van der Waals surface area contributed by atoms with Crippen LogP contribution in [-0.4, -0.2) is 84.4 Å². The van der Waals surface area contributed by atoms with Crippen LogP contribution in [-0.2, 0) is 36.1 Å². The highest BCUT2D eigenvalue weighted by molar-refractivity contribution is 7.89. The van der Waals surface area contributed by atoms with Crippen LogP contribution < -0.4 is 14.2 Å². The zero-order valence-corrected chi connectivity index (χ0v) is 24.7. The Labute approximate surface area is 239 Å². The van der Waals surface area contributed by atoms with Gasteiger partial charge in [0.2, 0.25) is 0 Å². The van der Waals surface area contributed by atoms with Crippen molar-refractivity contribution in [1.82, 2.24) is 23.3 Å². The summed E-state index contributed by atoms with van der Waals surface area (Å²) in [4.78, 5) is 6.35. The van der Waals surface area contributed by atoms with Gasteiger partial charge >= 0.3 is 0 Å². The van der Waals surface area contributed by atoms with Crippen LogP contribution in [0.3, 0.4) is 0 Å². The Balaban J connectivity index is 1.46. The predicted octanol–water partition coefficient (Wildman–Crippen LogP) is 2.43. The highest BCUT2D eigenvalue weighted by Gasteiger charge is 2.56. The monoisotopic (exact) mass is 581 g/mol. The van der Waals surface area contributed by atoms with Gasteiger partial charge in [-0.1, -0.05) is 0 Å². The summed E-state index contributed by atoms with van der Waals surface area (Å²) in [5.41, 5.74) is 3.52. The van der Waals surface area contributed by atoms with Gasteiger partial charge in [0.05, 0.1) is 45.8 Å². The molecule has 1 N–H and O–H groups in total. The van der Waals surface area contributed by atoms with Crippen molar-refractivity contribution in [2.75, 3.05) is 47.6 Å². The van der Waals surface area contributed by atoms with E-state index in [1.54, 1.807) is 32.9 Å². The van der Waals surface area contributed by atoms with Gasteiger partial charge < -0.3 is 28.5 Å². The largest absolute Gasteiger partial charge is 0.497 e. The highest BCUT2D eigenvalue weighted by Crippen LogP contribution is 2.51. The van der Waals surface area contributed by atoms with Gasteiger partial charge in [0, 0.05) is 75.1 Å². The molecule has 2 aliphatic heterocycles. The van der Waals surface area contributed by atoms with E-state index >= 15 is 0 Å². The number of aryl methyl sites for hydroxylation is 2. The summed E-state index contributed by atoms with van der Waals surface area (Å²) >= 11 is 0. The lowest BCUT2D eigenvalue weighted by Crippen LogP contribution is -2.67. The molecule has 6 rings (SSSR count). The molecule has 41 heavy (non-hydrogen) atoms. The molecule has 1 atom stereocenters. The van der Waals surface area contributed by atoms with E-state index in [2.05, 4.69) is 14.5 Å². The Morgan fingerprint density at radius 3 is 2.24 bits per heavy atom. The van der Waals surface area contributed by atoms with Crippen molar-refractivity contribution < 1.29 is 27.7 Å². The minimum Gasteiger partial charge on any atom is -0.497 e. The average Bonchev–Trinajstić information content (AvgIpc) is 3.52. The molecule has 1 fully saturated rings. The third-order valence-electron chi connectivity index (χ3n) is 8.46. The van der Waals surface area contributed by atoms with Gasteiger partial charge in [-0.05, 0) is 35.4 Å². The van der Waals surface area contributed by atoms with Crippen molar-refractivity contribution in [2.45, 2.75) is 23.0 Å². The maximum absolute atomic E-state index is 13.5. The molecule has 0 aliphatic carbocycles. The van der Waals surface area contributed by atoms with Gasteiger partial charge in [-0.3, -0.25) is 4.90 Å². The molecule has 4 heterocycles. The zero-order chi connectivity index (χ0) is 29.1. The molecular formula is C29H35N5O6S. The topological polar surface area (TPSA) is 111 Å². The first-order chi connectivity index (χ1) is 19.6. The number of nitrogens with zero attached hydrogens (tertiary/aromatic N) is 5. The number of aromatic nitrogens is 3. The lowest BCUT2D eigenvalue weighted by Gasteiger charge is -2.55. The number of aliphatic hydroxyl groups excluding tert-OH is 1. The van der Waals surface area contributed by atoms with Crippen molar-refractivity contribution in [3.63, 3.8) is 0 Å². The van der Waals surface area contributed by atoms with Crippen LogP contribution >= 0.6 is 0 Å². The minimum absolute atomic E-state index is 0.0436. The number of ether oxygens (including phenoxy) is 3. The molecule has 1 spiro atoms. The van der Waals surface area contributed by atoms with E-state index in [0.29, 0.717) is 37.7 Å². The molecule has 0 saturated carbocycles. The van der Waals surface area contributed by atoms with Crippen LogP contribution in [0.25, 0.3) is 10.9 Å². The SMILES string of the molecule is COc1cc(CN2CC3(CN(S(=O)(=O)c4cn(C)cn4)C3)c3c(n(C)c4cc(OC)ccc34)[C@H]2CO)cc(OC)c1. The number of benzene rings is 2. The van der Waals surface area contributed by atoms with Gasteiger partial charge in [0.1, 0.15) is 17.2 Å². The smallest absolute Gasteiger partial charge is 0.262 e. The number of fused-ring (bicyclic) bond motifs is 4. The first kappa shape index (κ1) is 27.6. The van der Waals surface area contributed by atoms with Crippen molar-refractivity contribution in [3.05, 3.63) is 65.7 Å². The molecule has 4 aromatic rings. The Bertz CT molecular complexity index is 1700. The van der Waals surface area contributed by atoms with E-state index in [1.807, 2.05) is 43.4 Å². The molecule has 2 aromatic heterocycles. The molecule has 0 unspecified atom stereocenters. The number of sulfonamides is 1. The molecule has 218 valence electrons. The first-order valence-electron chi connectivity index (χ1n) is 13.4. The molecule has 0 bridgehead atoms. The number of rotatable bonds is 8. The summed E-state index contributed by atoms with van der Waals surface area (Å²) in [7, 11) is 4.86. The van der Waals surface area contributed by atoms with Crippen molar-refractivity contribution in [3.8, 4) is 17.2 Å². The Kier molecular flexibility index (Phi) is 6.76. The van der Waals surface area contributed by atoms with E-state index in [1.165, 1.54) is 16.8 Å². The number of aliphatic hydroxyl groups is 1. The van der Waals surface area contributed by atoms with Crippen LogP contribution in [0.1, 0.15) is 22.9 Å². The van der Waals surface area contributed by atoms with E-state index in [0.717, 1.165) is 33.5 Å².